The third kappa shape index (κ3) is 16.8. The molecule has 31 nitrogen and oxygen atoms in total. The van der Waals surface area contributed by atoms with Crippen molar-refractivity contribution in [1.29, 1.82) is 0 Å². The number of azide groups is 2. The number of nitrogens with zero attached hydrogens (tertiary/aromatic N) is 8. The number of ether oxygens (including phenoxy) is 3. The topological polar surface area (TPSA) is 461 Å². The van der Waals surface area contributed by atoms with Crippen LogP contribution in [0.5, 0.6) is 0 Å². The number of hydrogen-bond donors (Lipinski definition) is 8. The molecule has 34 heteroatoms. The van der Waals surface area contributed by atoms with Crippen molar-refractivity contribution < 1.29 is 84.5 Å². The van der Waals surface area contributed by atoms with Crippen LogP contribution in [0.15, 0.2) is 96.1 Å². The predicted octanol–water partition coefficient (Wildman–Crippen LogP) is 7.39. The largest absolute Gasteiger partial charge is 0.490 e. The zero-order valence-electron chi connectivity index (χ0n) is 45.4. The van der Waals surface area contributed by atoms with Crippen LogP contribution in [-0.4, -0.2) is 104 Å². The Balaban J connectivity index is 1.01. The van der Waals surface area contributed by atoms with Gasteiger partial charge in [-0.2, -0.15) is 8.62 Å². The van der Waals surface area contributed by atoms with Crippen LogP contribution in [0.4, 0.5) is 5.69 Å². The molecule has 3 aliphatic rings. The normalized spacial score (nSPS) is 16.5. The van der Waals surface area contributed by atoms with Crippen LogP contribution in [0.3, 0.4) is 0 Å². The van der Waals surface area contributed by atoms with E-state index in [0.29, 0.717) is 70.5 Å². The lowest BCUT2D eigenvalue weighted by Crippen LogP contribution is -2.33. The molecule has 1 aliphatic carbocycles. The zero-order valence-corrected chi connectivity index (χ0v) is 48.1. The Morgan fingerprint density at radius 3 is 2.38 bits per heavy atom. The van der Waals surface area contributed by atoms with Gasteiger partial charge in [-0.15, -0.1) is 0 Å². The number of benzene rings is 4. The lowest BCUT2D eigenvalue weighted by Gasteiger charge is -2.20. The van der Waals surface area contributed by atoms with Crippen molar-refractivity contribution in [2.45, 2.75) is 71.9 Å². The fourth-order valence-electron chi connectivity index (χ4n) is 9.04. The molecule has 8 N–H and O–H groups in total. The average Bonchev–Trinajstić information content (AvgIpc) is 2.09. The van der Waals surface area contributed by atoms with Gasteiger partial charge in [-0.3, -0.25) is 28.7 Å². The molecule has 7 rings (SSSR count). The number of carbonyl (C=O) groups excluding carboxylic acids is 2. The molecule has 1 fully saturated rings. The van der Waals surface area contributed by atoms with E-state index >= 15 is 0 Å². The standard InChI is InChI=1S/C51H54N11O20P3/c1-5-54-39-21-41-37(17-28(39)3)46(38-18-29(4)40(55-6-2)22-42(38)79-41)36-20-31(12-14-35(36)49(65)66)47(63)56-15-7-9-30-11-13-34(33(19-30)24-57-60-52)50(67)76-16-8-10-32-25-62(51(68)59-48(32)64)45-23-43(77-27-58-61-53)44(80-45)26-78-84(72,73)82-85(74,75)81-83(69,70)71/h11-14,17-22,25,43-45,54H,5-7,9,15-16,23-24,26-27H2,1-4H3,(H,56,63)(H,65,66)(H,72,73)(H,74,75)(H,59,64,68)(H2,69,70,71)/b55-40-/t43?,44-,45-/m1/s1. The van der Waals surface area contributed by atoms with Crippen molar-refractivity contribution >= 4 is 58.0 Å². The maximum atomic E-state index is 13.8. The third-order valence-electron chi connectivity index (χ3n) is 12.7. The van der Waals surface area contributed by atoms with Crippen molar-refractivity contribution in [2.75, 3.05) is 44.9 Å². The molecule has 1 amide bonds. The number of carboxylic acid groups (broad SMARTS) is 1. The molecule has 3 aromatic carbocycles. The Hall–Kier alpha value is -8.25. The first-order chi connectivity index (χ1) is 40.3. The van der Waals surface area contributed by atoms with Crippen LogP contribution < -0.4 is 27.2 Å². The maximum absolute atomic E-state index is 13.8. The number of H-pyrrole nitrogens is 1. The molecule has 85 heavy (non-hydrogen) atoms. The molecule has 3 heterocycles. The van der Waals surface area contributed by atoms with E-state index in [1.165, 1.54) is 18.2 Å². The summed E-state index contributed by atoms with van der Waals surface area (Å²) in [7, 11) is -17.2. The molecule has 2 aliphatic heterocycles. The summed E-state index contributed by atoms with van der Waals surface area (Å²) in [5.41, 5.74) is 21.3. The molecule has 4 aromatic rings. The van der Waals surface area contributed by atoms with Gasteiger partial charge < -0.3 is 53.9 Å². The summed E-state index contributed by atoms with van der Waals surface area (Å²) >= 11 is 0. The number of amides is 1. The third-order valence-corrected chi connectivity index (χ3v) is 16.5. The van der Waals surface area contributed by atoms with Gasteiger partial charge in [0.2, 0.25) is 0 Å². The molecule has 448 valence electrons. The Labute approximate surface area is 480 Å². The van der Waals surface area contributed by atoms with E-state index < -0.39 is 90.9 Å². The van der Waals surface area contributed by atoms with Crippen LogP contribution in [-0.2, 0) is 54.0 Å². The van der Waals surface area contributed by atoms with Crippen LogP contribution in [0.2, 0.25) is 0 Å². The van der Waals surface area contributed by atoms with Crippen molar-refractivity contribution in [1.82, 2.24) is 14.9 Å². The Morgan fingerprint density at radius 1 is 0.918 bits per heavy atom. The number of fused-ring (bicyclic) bond motifs is 2. The van der Waals surface area contributed by atoms with Crippen molar-refractivity contribution in [3.8, 4) is 34.3 Å². The minimum atomic E-state index is -5.88. The van der Waals surface area contributed by atoms with E-state index in [-0.39, 0.29) is 41.8 Å². The molecule has 0 saturated carbocycles. The highest BCUT2D eigenvalue weighted by molar-refractivity contribution is 7.66. The highest BCUT2D eigenvalue weighted by Crippen LogP contribution is 2.66. The first-order valence-corrected chi connectivity index (χ1v) is 30.0. The van der Waals surface area contributed by atoms with Gasteiger partial charge in [0.05, 0.1) is 35.7 Å². The van der Waals surface area contributed by atoms with Gasteiger partial charge in [0, 0.05) is 82.0 Å². The van der Waals surface area contributed by atoms with E-state index in [1.54, 1.807) is 18.2 Å². The van der Waals surface area contributed by atoms with Gasteiger partial charge >= 0.3 is 41.1 Å². The molecule has 3 unspecified atom stereocenters. The quantitative estimate of drug-likeness (QED) is 0.00404. The van der Waals surface area contributed by atoms with Crippen LogP contribution >= 0.6 is 23.5 Å². The molecule has 0 bridgehead atoms. The molecule has 0 spiro atoms. The van der Waals surface area contributed by atoms with Crippen molar-refractivity contribution in [2.24, 2.45) is 15.2 Å². The number of carbonyl (C=O) groups is 3. The zero-order chi connectivity index (χ0) is 61.8. The highest BCUT2D eigenvalue weighted by Gasteiger charge is 2.44. The SMILES string of the molecule is CC/N=c1/cc2oc3cc(NCC)c(C)cc3c(-c3cc(C(=O)NCCCc4ccc(C(=O)OCC#Cc5cn([C@H]6CC(OCN=[N+]=[N-])[C@@H](COP(=O)(O)OP(=O)(O)OP(=O)(O)O)O6)c(=O)[nH]c5=O)c(CN=[N+]=[N-])c4)ccc3C(=O)O)c-2cc1C. The second kappa shape index (κ2) is 28.1. The van der Waals surface area contributed by atoms with Crippen LogP contribution in [0.1, 0.15) is 91.8 Å². The molecular formula is C51H54N11O20P3. The van der Waals surface area contributed by atoms with Gasteiger partial charge in [0.25, 0.3) is 11.5 Å². The van der Waals surface area contributed by atoms with Crippen molar-refractivity contribution in [3.63, 3.8) is 0 Å². The highest BCUT2D eigenvalue weighted by atomic mass is 31.3. The fraction of sp³-hybridized carbons (Fsp3) is 0.333. The van der Waals surface area contributed by atoms with Crippen LogP contribution in [0, 0.1) is 25.7 Å². The van der Waals surface area contributed by atoms with E-state index in [9.17, 15) is 52.6 Å². The Kier molecular flexibility index (Phi) is 21.3. The summed E-state index contributed by atoms with van der Waals surface area (Å²) in [5, 5.41) is 24.9. The number of aromatic nitrogens is 2. The number of nitrogens with one attached hydrogen (secondary N) is 3. The second-order valence-corrected chi connectivity index (χ2v) is 22.9. The fourth-order valence-corrected chi connectivity index (χ4v) is 12.1. The van der Waals surface area contributed by atoms with E-state index in [0.717, 1.165) is 32.9 Å². The van der Waals surface area contributed by atoms with Gasteiger partial charge in [-0.1, -0.05) is 34.2 Å². The smallest absolute Gasteiger partial charge is 0.478 e. The van der Waals surface area contributed by atoms with Crippen LogP contribution in [0.25, 0.3) is 54.3 Å². The summed E-state index contributed by atoms with van der Waals surface area (Å²) in [6, 6.07) is 16.7. The second-order valence-electron chi connectivity index (χ2n) is 18.5. The number of aromatic amines is 1. The molecular weight excluding hydrogens is 1180 g/mol. The predicted molar refractivity (Wildman–Crippen MR) is 301 cm³/mol. The molecule has 1 aromatic heterocycles. The first kappa shape index (κ1) is 64.3. The molecule has 5 atom stereocenters. The first-order valence-electron chi connectivity index (χ1n) is 25.5. The van der Waals surface area contributed by atoms with E-state index in [1.807, 2.05) is 56.9 Å². The number of anilines is 1. The summed E-state index contributed by atoms with van der Waals surface area (Å²) in [6.45, 7) is 6.61. The summed E-state index contributed by atoms with van der Waals surface area (Å²) < 4.78 is 71.0. The number of aryl methyl sites for hydroxylation is 3. The minimum absolute atomic E-state index is 0.0174. The Morgan fingerprint density at radius 2 is 1.67 bits per heavy atom. The summed E-state index contributed by atoms with van der Waals surface area (Å²) in [4.78, 5) is 115. The minimum Gasteiger partial charge on any atom is -0.478 e. The molecule has 0 radical (unpaired) electrons. The van der Waals surface area contributed by atoms with E-state index in [4.69, 9.17) is 39.5 Å². The lowest BCUT2D eigenvalue weighted by atomic mass is 9.88. The summed E-state index contributed by atoms with van der Waals surface area (Å²) in [6.07, 6.45) is -2.54. The Bertz CT molecular complexity index is 4060. The van der Waals surface area contributed by atoms with Gasteiger partial charge in [-0.25, -0.2) is 28.1 Å². The summed E-state index contributed by atoms with van der Waals surface area (Å²) in [5.74, 6) is 2.90. The van der Waals surface area contributed by atoms with E-state index in [2.05, 4.69) is 60.7 Å². The van der Waals surface area contributed by atoms with Gasteiger partial charge in [0.15, 0.2) is 6.61 Å². The van der Waals surface area contributed by atoms with Crippen molar-refractivity contribution in [3.05, 3.63) is 158 Å². The maximum Gasteiger partial charge on any atom is 0.490 e. The monoisotopic (exact) mass is 1230 g/mol. The number of phosphoric acid groups is 3. The molecule has 1 saturated heterocycles. The average molecular weight is 1230 g/mol. The number of hydrogen-bond acceptors (Lipinski definition) is 19. The number of carboxylic acids is 1. The number of rotatable bonds is 25. The number of aromatic carboxylic acids is 1. The number of phosphoric ester groups is 1. The van der Waals surface area contributed by atoms with Gasteiger partial charge in [-0.05, 0) is 116 Å². The lowest BCUT2D eigenvalue weighted by molar-refractivity contribution is -0.0601. The van der Waals surface area contributed by atoms with Gasteiger partial charge in [0.1, 0.15) is 36.0 Å². The number of esters is 1.